The van der Waals surface area contributed by atoms with E-state index < -0.39 is 0 Å². The summed E-state index contributed by atoms with van der Waals surface area (Å²) in [5.41, 5.74) is 0.998. The molecule has 0 aliphatic rings. The molecule has 0 atom stereocenters. The van der Waals surface area contributed by atoms with Crippen LogP contribution in [-0.4, -0.2) is 20.8 Å². The lowest BCUT2D eigenvalue weighted by atomic mass is 10.2. The molecule has 16 heavy (non-hydrogen) atoms. The molecular weight excluding hydrogens is 202 g/mol. The molecular formula is C13H21NO2. The van der Waals surface area contributed by atoms with Crippen molar-refractivity contribution in [1.29, 1.82) is 0 Å². The maximum Gasteiger partial charge on any atom is 0.142 e. The van der Waals surface area contributed by atoms with E-state index >= 15 is 0 Å². The molecule has 0 aliphatic heterocycles. The van der Waals surface area contributed by atoms with Gasteiger partial charge in [-0.1, -0.05) is 19.8 Å². The summed E-state index contributed by atoms with van der Waals surface area (Å²) >= 11 is 0. The van der Waals surface area contributed by atoms with Crippen LogP contribution >= 0.6 is 0 Å². The van der Waals surface area contributed by atoms with E-state index in [0.717, 1.165) is 23.7 Å². The zero-order chi connectivity index (χ0) is 11.8. The number of hydrogen-bond acceptors (Lipinski definition) is 3. The Morgan fingerprint density at radius 1 is 1.12 bits per heavy atom. The van der Waals surface area contributed by atoms with Crippen LogP contribution in [-0.2, 0) is 0 Å². The molecule has 1 rings (SSSR count). The summed E-state index contributed by atoms with van der Waals surface area (Å²) in [6.45, 7) is 3.17. The Hall–Kier alpha value is -1.38. The van der Waals surface area contributed by atoms with Crippen LogP contribution in [0.5, 0.6) is 11.5 Å². The number of rotatable bonds is 7. The number of methoxy groups -OCH3 is 2. The molecule has 3 heteroatoms. The molecule has 0 aromatic heterocycles. The SMILES string of the molecule is CCCCCNc1cc(OC)ccc1OC. The molecule has 0 spiro atoms. The molecule has 3 nitrogen and oxygen atoms in total. The molecule has 0 unspecified atom stereocenters. The minimum Gasteiger partial charge on any atom is -0.497 e. The van der Waals surface area contributed by atoms with Gasteiger partial charge < -0.3 is 14.8 Å². The van der Waals surface area contributed by atoms with Gasteiger partial charge in [0, 0.05) is 12.6 Å². The zero-order valence-corrected chi connectivity index (χ0v) is 10.4. The maximum absolute atomic E-state index is 5.28. The molecule has 0 aliphatic carbocycles. The van der Waals surface area contributed by atoms with Crippen molar-refractivity contribution >= 4 is 5.69 Å². The minimum atomic E-state index is 0.846. The van der Waals surface area contributed by atoms with Gasteiger partial charge in [0.1, 0.15) is 11.5 Å². The van der Waals surface area contributed by atoms with E-state index in [4.69, 9.17) is 9.47 Å². The summed E-state index contributed by atoms with van der Waals surface area (Å²) in [4.78, 5) is 0. The lowest BCUT2D eigenvalue weighted by Gasteiger charge is -2.12. The van der Waals surface area contributed by atoms with Crippen molar-refractivity contribution < 1.29 is 9.47 Å². The number of ether oxygens (including phenoxy) is 2. The van der Waals surface area contributed by atoms with Gasteiger partial charge in [-0.05, 0) is 18.6 Å². The molecule has 0 radical (unpaired) electrons. The topological polar surface area (TPSA) is 30.5 Å². The summed E-state index contributed by atoms with van der Waals surface area (Å²) in [6, 6.07) is 5.78. The third-order valence-electron chi connectivity index (χ3n) is 2.50. The summed E-state index contributed by atoms with van der Waals surface area (Å²) < 4.78 is 10.5. The van der Waals surface area contributed by atoms with Crippen molar-refractivity contribution in [3.8, 4) is 11.5 Å². The highest BCUT2D eigenvalue weighted by Gasteiger charge is 2.03. The average molecular weight is 223 g/mol. The van der Waals surface area contributed by atoms with Crippen molar-refractivity contribution in [3.63, 3.8) is 0 Å². The van der Waals surface area contributed by atoms with Gasteiger partial charge in [0.05, 0.1) is 19.9 Å². The van der Waals surface area contributed by atoms with E-state index in [9.17, 15) is 0 Å². The second-order valence-corrected chi connectivity index (χ2v) is 3.70. The van der Waals surface area contributed by atoms with Gasteiger partial charge in [0.15, 0.2) is 0 Å². The van der Waals surface area contributed by atoms with E-state index in [1.54, 1.807) is 14.2 Å². The molecule has 0 heterocycles. The van der Waals surface area contributed by atoms with Crippen LogP contribution < -0.4 is 14.8 Å². The first-order valence-corrected chi connectivity index (χ1v) is 5.77. The van der Waals surface area contributed by atoms with Gasteiger partial charge in [0.2, 0.25) is 0 Å². The van der Waals surface area contributed by atoms with Gasteiger partial charge in [-0.2, -0.15) is 0 Å². The fourth-order valence-electron chi connectivity index (χ4n) is 1.55. The summed E-state index contributed by atoms with van der Waals surface area (Å²) in [7, 11) is 3.35. The monoisotopic (exact) mass is 223 g/mol. The fourth-order valence-corrected chi connectivity index (χ4v) is 1.55. The normalized spacial score (nSPS) is 9.94. The largest absolute Gasteiger partial charge is 0.497 e. The average Bonchev–Trinajstić information content (AvgIpc) is 2.34. The van der Waals surface area contributed by atoms with Crippen LogP contribution in [0, 0.1) is 0 Å². The molecule has 0 saturated heterocycles. The van der Waals surface area contributed by atoms with Crippen molar-refractivity contribution in [2.24, 2.45) is 0 Å². The van der Waals surface area contributed by atoms with E-state index in [2.05, 4.69) is 12.2 Å². The Bertz CT molecular complexity index is 313. The highest BCUT2D eigenvalue weighted by Crippen LogP contribution is 2.28. The van der Waals surface area contributed by atoms with Gasteiger partial charge in [-0.15, -0.1) is 0 Å². The highest BCUT2D eigenvalue weighted by atomic mass is 16.5. The van der Waals surface area contributed by atoms with Crippen LogP contribution in [0.4, 0.5) is 5.69 Å². The van der Waals surface area contributed by atoms with Crippen molar-refractivity contribution in [1.82, 2.24) is 0 Å². The smallest absolute Gasteiger partial charge is 0.142 e. The second-order valence-electron chi connectivity index (χ2n) is 3.70. The molecule has 90 valence electrons. The van der Waals surface area contributed by atoms with E-state index in [-0.39, 0.29) is 0 Å². The third-order valence-corrected chi connectivity index (χ3v) is 2.50. The molecule has 1 aromatic rings. The number of hydrogen-bond donors (Lipinski definition) is 1. The van der Waals surface area contributed by atoms with Crippen LogP contribution in [0.2, 0.25) is 0 Å². The number of benzene rings is 1. The van der Waals surface area contributed by atoms with E-state index in [0.29, 0.717) is 0 Å². The fraction of sp³-hybridized carbons (Fsp3) is 0.538. The van der Waals surface area contributed by atoms with Gasteiger partial charge >= 0.3 is 0 Å². The molecule has 1 N–H and O–H groups in total. The quantitative estimate of drug-likeness (QED) is 0.719. The predicted octanol–water partition coefficient (Wildman–Crippen LogP) is 3.31. The lowest BCUT2D eigenvalue weighted by molar-refractivity contribution is 0.404. The molecule has 0 fully saturated rings. The Morgan fingerprint density at radius 3 is 2.56 bits per heavy atom. The summed E-state index contributed by atoms with van der Waals surface area (Å²) in [6.07, 6.45) is 3.66. The zero-order valence-electron chi connectivity index (χ0n) is 10.4. The second kappa shape index (κ2) is 6.99. The Morgan fingerprint density at radius 2 is 1.94 bits per heavy atom. The third kappa shape index (κ3) is 3.65. The number of unbranched alkanes of at least 4 members (excludes halogenated alkanes) is 2. The Balaban J connectivity index is 2.60. The van der Waals surface area contributed by atoms with Gasteiger partial charge in [0.25, 0.3) is 0 Å². The molecule has 0 amide bonds. The summed E-state index contributed by atoms with van der Waals surface area (Å²) in [5, 5.41) is 3.37. The standard InChI is InChI=1S/C13H21NO2/c1-4-5-6-9-14-12-10-11(15-2)7-8-13(12)16-3/h7-8,10,14H,4-6,9H2,1-3H3. The predicted molar refractivity (Wildman–Crippen MR) is 67.6 cm³/mol. The lowest BCUT2D eigenvalue weighted by Crippen LogP contribution is -2.03. The van der Waals surface area contributed by atoms with Gasteiger partial charge in [-0.25, -0.2) is 0 Å². The van der Waals surface area contributed by atoms with E-state index in [1.165, 1.54) is 19.3 Å². The van der Waals surface area contributed by atoms with Crippen molar-refractivity contribution in [2.45, 2.75) is 26.2 Å². The molecule has 0 saturated carbocycles. The van der Waals surface area contributed by atoms with Crippen LogP contribution in [0.3, 0.4) is 0 Å². The molecule has 1 aromatic carbocycles. The van der Waals surface area contributed by atoms with Gasteiger partial charge in [-0.3, -0.25) is 0 Å². The Labute approximate surface area is 97.8 Å². The molecule has 0 bridgehead atoms. The van der Waals surface area contributed by atoms with Crippen LogP contribution in [0.15, 0.2) is 18.2 Å². The Kier molecular flexibility index (Phi) is 5.54. The van der Waals surface area contributed by atoms with Crippen molar-refractivity contribution in [3.05, 3.63) is 18.2 Å². The first-order valence-electron chi connectivity index (χ1n) is 5.77. The maximum atomic E-state index is 5.28. The van der Waals surface area contributed by atoms with E-state index in [1.807, 2.05) is 18.2 Å². The number of anilines is 1. The first-order chi connectivity index (χ1) is 7.81. The van der Waals surface area contributed by atoms with Crippen LogP contribution in [0.1, 0.15) is 26.2 Å². The minimum absolute atomic E-state index is 0.846. The number of nitrogens with one attached hydrogen (secondary N) is 1. The first kappa shape index (κ1) is 12.7. The van der Waals surface area contributed by atoms with Crippen molar-refractivity contribution in [2.75, 3.05) is 26.1 Å². The summed E-state index contributed by atoms with van der Waals surface area (Å²) in [5.74, 6) is 1.70. The highest BCUT2D eigenvalue weighted by molar-refractivity contribution is 5.59. The van der Waals surface area contributed by atoms with Crippen LogP contribution in [0.25, 0.3) is 0 Å².